The number of anilines is 1. The van der Waals surface area contributed by atoms with E-state index >= 15 is 4.79 Å². The summed E-state index contributed by atoms with van der Waals surface area (Å²) in [5, 5.41) is 13.4. The van der Waals surface area contributed by atoms with Crippen molar-refractivity contribution in [3.63, 3.8) is 0 Å². The van der Waals surface area contributed by atoms with Crippen LogP contribution in [-0.2, 0) is 31.1 Å². The van der Waals surface area contributed by atoms with Crippen molar-refractivity contribution in [1.82, 2.24) is 14.8 Å². The monoisotopic (exact) mass is 866 g/mol. The number of ether oxygens (including phenoxy) is 1. The number of aromatic hydroxyl groups is 1. The summed E-state index contributed by atoms with van der Waals surface area (Å²) in [7, 11) is 1.43. The summed E-state index contributed by atoms with van der Waals surface area (Å²) in [6, 6.07) is 25.4. The number of phenolic OH excluding ortho intramolecular Hbond substituents is 1. The van der Waals surface area contributed by atoms with Crippen molar-refractivity contribution in [3.05, 3.63) is 135 Å². The van der Waals surface area contributed by atoms with Gasteiger partial charge < -0.3 is 9.84 Å². The molecule has 9 rings (SSSR count). The minimum Gasteiger partial charge on any atom is -0.504 e. The smallest absolute Gasteiger partial charge is 0.260 e. The van der Waals surface area contributed by atoms with Gasteiger partial charge in [-0.3, -0.25) is 34.4 Å². The standard InChI is InChI=1S/C45H41BrClFN4O6/c1-58-37-22-27(46)21-35(40(37)53)39-32-15-16-33-38(43(56)51(41(33)54)31-17-19-50(20-18-31)24-25-5-3-2-4-6-25)34(32)23-36-42(55)52(49-30-13-11-29(48)12-14-30)44(57)45(36,39)26-7-9-28(47)10-8-26/h2-15,21-22,31,33-34,36,38-39,49,53H,16-20,23-24H2,1H3/t33-,34+,36-,38-,39+,45+/m0/s1. The van der Waals surface area contributed by atoms with E-state index in [1.54, 1.807) is 36.4 Å². The molecule has 58 heavy (non-hydrogen) atoms. The fourth-order valence-electron chi connectivity index (χ4n) is 10.5. The Hall–Kier alpha value is -5.04. The number of hydrogen-bond donors (Lipinski definition) is 2. The first-order chi connectivity index (χ1) is 28.0. The average molecular weight is 868 g/mol. The Morgan fingerprint density at radius 2 is 1.62 bits per heavy atom. The van der Waals surface area contributed by atoms with Crippen molar-refractivity contribution in [1.29, 1.82) is 0 Å². The van der Waals surface area contributed by atoms with Gasteiger partial charge in [0.15, 0.2) is 11.5 Å². The molecule has 1 saturated carbocycles. The van der Waals surface area contributed by atoms with Crippen molar-refractivity contribution in [2.45, 2.75) is 49.6 Å². The number of methoxy groups -OCH3 is 1. The summed E-state index contributed by atoms with van der Waals surface area (Å²) in [6.45, 7) is 2.27. The number of carbonyl (C=O) groups is 4. The molecule has 0 bridgehead atoms. The van der Waals surface area contributed by atoms with E-state index in [4.69, 9.17) is 16.3 Å². The number of halogens is 3. The van der Waals surface area contributed by atoms with Gasteiger partial charge in [0, 0.05) is 46.7 Å². The van der Waals surface area contributed by atoms with E-state index in [0.29, 0.717) is 44.7 Å². The van der Waals surface area contributed by atoms with E-state index in [1.165, 1.54) is 41.8 Å². The number of imide groups is 2. The maximum absolute atomic E-state index is 15.4. The number of amides is 4. The lowest BCUT2D eigenvalue weighted by Crippen LogP contribution is -2.53. The van der Waals surface area contributed by atoms with Gasteiger partial charge in [-0.25, -0.2) is 4.39 Å². The van der Waals surface area contributed by atoms with Crippen LogP contribution in [0.2, 0.25) is 5.02 Å². The molecule has 0 radical (unpaired) electrons. The molecule has 10 nitrogen and oxygen atoms in total. The largest absolute Gasteiger partial charge is 0.504 e. The van der Waals surface area contributed by atoms with Crippen LogP contribution in [0.15, 0.2) is 107 Å². The Labute approximate surface area is 348 Å². The van der Waals surface area contributed by atoms with Crippen LogP contribution in [0.5, 0.6) is 11.5 Å². The highest BCUT2D eigenvalue weighted by atomic mass is 79.9. The third-order valence-corrected chi connectivity index (χ3v) is 13.8. The molecule has 0 spiro atoms. The zero-order valence-corrected chi connectivity index (χ0v) is 34.0. The zero-order valence-electron chi connectivity index (χ0n) is 31.6. The van der Waals surface area contributed by atoms with Gasteiger partial charge in [-0.2, -0.15) is 5.01 Å². The quantitative estimate of drug-likeness (QED) is 0.137. The van der Waals surface area contributed by atoms with E-state index < -0.39 is 52.6 Å². The van der Waals surface area contributed by atoms with Gasteiger partial charge in [-0.05, 0) is 91.3 Å². The topological polar surface area (TPSA) is 119 Å². The van der Waals surface area contributed by atoms with Crippen molar-refractivity contribution in [2.75, 3.05) is 25.6 Å². The fraction of sp³-hybridized carbons (Fsp3) is 0.333. The van der Waals surface area contributed by atoms with Crippen molar-refractivity contribution < 1.29 is 33.4 Å². The highest BCUT2D eigenvalue weighted by Gasteiger charge is 2.71. The lowest BCUT2D eigenvalue weighted by molar-refractivity contribution is -0.144. The van der Waals surface area contributed by atoms with Gasteiger partial charge in [0.1, 0.15) is 5.82 Å². The molecule has 0 unspecified atom stereocenters. The number of carbonyl (C=O) groups excluding carboxylic acids is 4. The number of allylic oxidation sites excluding steroid dienone is 2. The number of nitrogens with zero attached hydrogens (tertiary/aromatic N) is 3. The highest BCUT2D eigenvalue weighted by molar-refractivity contribution is 9.10. The highest BCUT2D eigenvalue weighted by Crippen LogP contribution is 2.65. The fourth-order valence-corrected chi connectivity index (χ4v) is 11.1. The minimum absolute atomic E-state index is 0.0899. The van der Waals surface area contributed by atoms with E-state index in [2.05, 4.69) is 38.4 Å². The van der Waals surface area contributed by atoms with Crippen LogP contribution in [-0.4, -0.2) is 69.8 Å². The third-order valence-electron chi connectivity index (χ3n) is 13.1. The molecule has 3 aliphatic heterocycles. The number of benzene rings is 4. The van der Waals surface area contributed by atoms with Crippen LogP contribution in [0.1, 0.15) is 48.3 Å². The number of rotatable bonds is 8. The van der Waals surface area contributed by atoms with Gasteiger partial charge in [0.05, 0.1) is 36.0 Å². The molecule has 4 aromatic carbocycles. The lowest BCUT2D eigenvalue weighted by atomic mass is 9.49. The van der Waals surface area contributed by atoms with Gasteiger partial charge in [-0.1, -0.05) is 81.6 Å². The molecule has 13 heteroatoms. The molecule has 4 aromatic rings. The second kappa shape index (κ2) is 15.0. The SMILES string of the molecule is COc1cc(Br)cc([C@H]2C3=CC[C@@H]4C(=O)N(C5CCN(Cc6ccccc6)CC5)C(=O)[C@@H]4[C@@H]3C[C@H]3C(=O)N(Nc4ccc(F)cc4)C(=O)[C@@]23c2ccc(Cl)cc2)c1O. The molecule has 3 heterocycles. The Bertz CT molecular complexity index is 2340. The van der Waals surface area contributed by atoms with Gasteiger partial charge in [-0.15, -0.1) is 0 Å². The summed E-state index contributed by atoms with van der Waals surface area (Å²) in [5.74, 6) is -6.17. The first-order valence-electron chi connectivity index (χ1n) is 19.6. The summed E-state index contributed by atoms with van der Waals surface area (Å²) in [4.78, 5) is 63.5. The normalized spacial score (nSPS) is 27.3. The first-order valence-corrected chi connectivity index (χ1v) is 20.7. The molecule has 4 fully saturated rings. The van der Waals surface area contributed by atoms with E-state index in [9.17, 15) is 23.9 Å². The summed E-state index contributed by atoms with van der Waals surface area (Å²) < 4.78 is 20.1. The summed E-state index contributed by atoms with van der Waals surface area (Å²) >= 11 is 9.99. The van der Waals surface area contributed by atoms with Gasteiger partial charge >= 0.3 is 0 Å². The van der Waals surface area contributed by atoms with Gasteiger partial charge in [0.25, 0.3) is 11.8 Å². The third kappa shape index (κ3) is 6.14. The second-order valence-electron chi connectivity index (χ2n) is 16.0. The predicted molar refractivity (Wildman–Crippen MR) is 218 cm³/mol. The molecular weight excluding hydrogens is 827 g/mol. The van der Waals surface area contributed by atoms with E-state index in [-0.39, 0.29) is 42.2 Å². The molecule has 5 aliphatic rings. The van der Waals surface area contributed by atoms with Crippen molar-refractivity contribution >= 4 is 56.8 Å². The van der Waals surface area contributed by atoms with Gasteiger partial charge in [0.2, 0.25) is 11.8 Å². The van der Waals surface area contributed by atoms with Crippen LogP contribution in [0.4, 0.5) is 10.1 Å². The maximum atomic E-state index is 15.4. The second-order valence-corrected chi connectivity index (χ2v) is 17.3. The zero-order chi connectivity index (χ0) is 40.5. The van der Waals surface area contributed by atoms with Crippen LogP contribution in [0.3, 0.4) is 0 Å². The van der Waals surface area contributed by atoms with Crippen molar-refractivity contribution in [2.24, 2.45) is 23.7 Å². The Kier molecular flexibility index (Phi) is 9.93. The number of phenols is 1. The van der Waals surface area contributed by atoms with E-state index in [0.717, 1.165) is 24.6 Å². The Morgan fingerprint density at radius 1 is 0.914 bits per heavy atom. The lowest BCUT2D eigenvalue weighted by Gasteiger charge is -2.50. The Morgan fingerprint density at radius 3 is 2.31 bits per heavy atom. The van der Waals surface area contributed by atoms with Crippen LogP contribution < -0.4 is 10.2 Å². The maximum Gasteiger partial charge on any atom is 0.260 e. The molecule has 3 saturated heterocycles. The summed E-state index contributed by atoms with van der Waals surface area (Å²) in [6.07, 6.45) is 3.62. The van der Waals surface area contributed by atoms with Crippen LogP contribution in [0, 0.1) is 29.5 Å². The van der Waals surface area contributed by atoms with Crippen LogP contribution in [0.25, 0.3) is 0 Å². The number of hydrazine groups is 1. The molecule has 2 N–H and O–H groups in total. The Balaban J connectivity index is 1.14. The molecule has 4 amide bonds. The molecular formula is C45H41BrClFN4O6. The molecule has 2 aliphatic carbocycles. The minimum atomic E-state index is -1.65. The average Bonchev–Trinajstić information content (AvgIpc) is 3.61. The molecule has 298 valence electrons. The number of fused-ring (bicyclic) bond motifs is 4. The van der Waals surface area contributed by atoms with E-state index in [1.807, 2.05) is 24.3 Å². The molecule has 6 atom stereocenters. The van der Waals surface area contributed by atoms with Crippen molar-refractivity contribution in [3.8, 4) is 11.5 Å². The summed E-state index contributed by atoms with van der Waals surface area (Å²) in [5.41, 5.74) is 4.35. The predicted octanol–water partition coefficient (Wildman–Crippen LogP) is 7.61. The number of likely N-dealkylation sites (tertiary alicyclic amines) is 2. The number of nitrogens with one attached hydrogen (secondary N) is 1. The van der Waals surface area contributed by atoms with Crippen LogP contribution >= 0.6 is 27.5 Å². The number of piperidine rings is 1. The molecule has 0 aromatic heterocycles. The number of hydrogen-bond acceptors (Lipinski definition) is 8. The first kappa shape index (κ1) is 38.5.